The summed E-state index contributed by atoms with van der Waals surface area (Å²) in [5.41, 5.74) is 5.46. The summed E-state index contributed by atoms with van der Waals surface area (Å²) in [5.74, 6) is 0.929. The van der Waals surface area contributed by atoms with Crippen LogP contribution in [0.1, 0.15) is 56.3 Å². The largest absolute Gasteiger partial charge is 0.457 e. The van der Waals surface area contributed by atoms with Crippen LogP contribution in [0.3, 0.4) is 0 Å². The van der Waals surface area contributed by atoms with Crippen molar-refractivity contribution in [3.8, 4) is 11.5 Å². The van der Waals surface area contributed by atoms with Gasteiger partial charge in [0.2, 0.25) is 0 Å². The molecule has 0 fully saturated rings. The molecule has 34 heavy (non-hydrogen) atoms. The Balaban J connectivity index is 1.94. The summed E-state index contributed by atoms with van der Waals surface area (Å²) in [6, 6.07) is 16.1. The summed E-state index contributed by atoms with van der Waals surface area (Å²) >= 11 is 0. The number of hydrogen-bond acceptors (Lipinski definition) is 5. The molecule has 0 aliphatic heterocycles. The molecule has 180 valence electrons. The first-order valence-corrected chi connectivity index (χ1v) is 11.7. The van der Waals surface area contributed by atoms with E-state index in [4.69, 9.17) is 10.5 Å². The first-order chi connectivity index (χ1) is 16.5. The Labute approximate surface area is 199 Å². The Kier molecular flexibility index (Phi) is 8.67. The molecule has 8 nitrogen and oxygen atoms in total. The Hall–Kier alpha value is -3.81. The van der Waals surface area contributed by atoms with E-state index in [0.717, 1.165) is 25.7 Å². The summed E-state index contributed by atoms with van der Waals surface area (Å²) in [7, 11) is 0. The van der Waals surface area contributed by atoms with Crippen molar-refractivity contribution in [2.24, 2.45) is 0 Å². The highest BCUT2D eigenvalue weighted by Crippen LogP contribution is 2.24. The second-order valence-electron chi connectivity index (χ2n) is 8.10. The summed E-state index contributed by atoms with van der Waals surface area (Å²) in [4.78, 5) is 42.4. The first-order valence-electron chi connectivity index (χ1n) is 11.7. The number of para-hydroxylation sites is 1. The lowest BCUT2D eigenvalue weighted by molar-refractivity contribution is 0.0986. The lowest BCUT2D eigenvalue weighted by Gasteiger charge is -2.24. The number of unbranched alkanes of at least 4 members (excludes halogenated alkanes) is 3. The molecule has 2 aromatic carbocycles. The maximum absolute atomic E-state index is 13.5. The van der Waals surface area contributed by atoms with E-state index in [9.17, 15) is 14.4 Å². The topological polar surface area (TPSA) is 110 Å². The molecule has 3 rings (SSSR count). The van der Waals surface area contributed by atoms with Crippen LogP contribution in [0.2, 0.25) is 0 Å². The Morgan fingerprint density at radius 1 is 0.941 bits per heavy atom. The highest BCUT2D eigenvalue weighted by Gasteiger charge is 2.25. The van der Waals surface area contributed by atoms with Crippen molar-refractivity contribution in [2.45, 2.75) is 52.5 Å². The summed E-state index contributed by atoms with van der Waals surface area (Å²) in [6.07, 6.45) is 4.12. The van der Waals surface area contributed by atoms with Gasteiger partial charge in [0, 0.05) is 18.7 Å². The third kappa shape index (κ3) is 5.95. The molecule has 0 saturated carbocycles. The van der Waals surface area contributed by atoms with Gasteiger partial charge >= 0.3 is 5.69 Å². The van der Waals surface area contributed by atoms with Gasteiger partial charge in [-0.15, -0.1) is 0 Å². The molecule has 0 aliphatic rings. The predicted molar refractivity (Wildman–Crippen MR) is 135 cm³/mol. The number of anilines is 2. The lowest BCUT2D eigenvalue weighted by atomic mass is 10.1. The zero-order chi connectivity index (χ0) is 24.5. The number of aromatic nitrogens is 2. The van der Waals surface area contributed by atoms with Crippen molar-refractivity contribution in [3.63, 3.8) is 0 Å². The van der Waals surface area contributed by atoms with Gasteiger partial charge in [0.05, 0.1) is 0 Å². The number of carbonyl (C=O) groups excluding carboxylic acids is 1. The highest BCUT2D eigenvalue weighted by atomic mass is 16.5. The van der Waals surface area contributed by atoms with E-state index in [1.165, 1.54) is 9.47 Å². The van der Waals surface area contributed by atoms with Crippen LogP contribution in [0.5, 0.6) is 11.5 Å². The maximum Gasteiger partial charge on any atom is 0.330 e. The Bertz CT molecular complexity index is 1200. The van der Waals surface area contributed by atoms with Gasteiger partial charge in [0.1, 0.15) is 17.3 Å². The number of nitrogens with one attached hydrogen (secondary N) is 1. The molecule has 1 amide bonds. The third-order valence-electron chi connectivity index (χ3n) is 5.53. The molecule has 0 spiro atoms. The van der Waals surface area contributed by atoms with E-state index in [-0.39, 0.29) is 17.4 Å². The van der Waals surface area contributed by atoms with Crippen LogP contribution in [0, 0.1) is 0 Å². The van der Waals surface area contributed by atoms with Gasteiger partial charge < -0.3 is 15.4 Å². The number of nitrogens with two attached hydrogens (primary N) is 1. The molecular formula is C26H32N4O4. The van der Waals surface area contributed by atoms with Crippen molar-refractivity contribution < 1.29 is 9.53 Å². The van der Waals surface area contributed by atoms with Crippen LogP contribution in [-0.4, -0.2) is 22.0 Å². The zero-order valence-corrected chi connectivity index (χ0v) is 19.8. The number of nitrogen functional groups attached to an aromatic ring is 1. The van der Waals surface area contributed by atoms with E-state index in [0.29, 0.717) is 36.6 Å². The van der Waals surface area contributed by atoms with Crippen LogP contribution in [0.4, 0.5) is 11.5 Å². The van der Waals surface area contributed by atoms with Crippen LogP contribution < -0.4 is 26.6 Å². The van der Waals surface area contributed by atoms with Crippen LogP contribution >= 0.6 is 0 Å². The van der Waals surface area contributed by atoms with Crippen LogP contribution in [0.25, 0.3) is 0 Å². The number of amides is 1. The van der Waals surface area contributed by atoms with Gasteiger partial charge in [-0.1, -0.05) is 51.3 Å². The van der Waals surface area contributed by atoms with E-state index < -0.39 is 11.2 Å². The SMILES string of the molecule is CCCCCN(C(=O)c1ccc(Oc2ccccc2)cc1)c1c(N)n(CCCC)c(=O)[nH]c1=O. The van der Waals surface area contributed by atoms with Gasteiger partial charge in [0.15, 0.2) is 5.69 Å². The number of carbonyl (C=O) groups is 1. The number of ether oxygens (including phenoxy) is 1. The van der Waals surface area contributed by atoms with E-state index in [1.54, 1.807) is 24.3 Å². The van der Waals surface area contributed by atoms with Crippen molar-refractivity contribution in [1.29, 1.82) is 0 Å². The Morgan fingerprint density at radius 2 is 1.59 bits per heavy atom. The second-order valence-corrected chi connectivity index (χ2v) is 8.10. The number of aromatic amines is 1. The normalized spacial score (nSPS) is 10.8. The number of H-pyrrole nitrogens is 1. The monoisotopic (exact) mass is 464 g/mol. The first kappa shape index (κ1) is 24.8. The smallest absolute Gasteiger partial charge is 0.330 e. The molecular weight excluding hydrogens is 432 g/mol. The second kappa shape index (κ2) is 11.9. The fourth-order valence-corrected chi connectivity index (χ4v) is 3.66. The minimum absolute atomic E-state index is 0.0103. The summed E-state index contributed by atoms with van der Waals surface area (Å²) in [5, 5.41) is 0. The number of hydrogen-bond donors (Lipinski definition) is 2. The number of nitrogens with zero attached hydrogens (tertiary/aromatic N) is 2. The fraction of sp³-hybridized carbons (Fsp3) is 0.346. The number of rotatable bonds is 11. The molecule has 8 heteroatoms. The van der Waals surface area contributed by atoms with Gasteiger partial charge in [0.25, 0.3) is 11.5 Å². The van der Waals surface area contributed by atoms with Crippen molar-refractivity contribution in [1.82, 2.24) is 9.55 Å². The van der Waals surface area contributed by atoms with Gasteiger partial charge in [-0.25, -0.2) is 4.79 Å². The zero-order valence-electron chi connectivity index (χ0n) is 19.8. The molecule has 3 aromatic rings. The Morgan fingerprint density at radius 3 is 2.24 bits per heavy atom. The third-order valence-corrected chi connectivity index (χ3v) is 5.53. The molecule has 0 unspecified atom stereocenters. The van der Waals surface area contributed by atoms with Crippen molar-refractivity contribution >= 4 is 17.4 Å². The minimum atomic E-state index is -0.663. The predicted octanol–water partition coefficient (Wildman–Crippen LogP) is 4.55. The molecule has 0 aliphatic carbocycles. The molecule has 1 heterocycles. The van der Waals surface area contributed by atoms with E-state index in [2.05, 4.69) is 11.9 Å². The lowest BCUT2D eigenvalue weighted by Crippen LogP contribution is -2.41. The molecule has 0 radical (unpaired) electrons. The highest BCUT2D eigenvalue weighted by molar-refractivity contribution is 6.07. The number of benzene rings is 2. The van der Waals surface area contributed by atoms with Crippen LogP contribution in [0.15, 0.2) is 64.2 Å². The summed E-state index contributed by atoms with van der Waals surface area (Å²) < 4.78 is 7.13. The van der Waals surface area contributed by atoms with Gasteiger partial charge in [-0.2, -0.15) is 0 Å². The van der Waals surface area contributed by atoms with Gasteiger partial charge in [-0.05, 0) is 49.2 Å². The van der Waals surface area contributed by atoms with Crippen LogP contribution in [-0.2, 0) is 6.54 Å². The average molecular weight is 465 g/mol. The van der Waals surface area contributed by atoms with Gasteiger partial charge in [-0.3, -0.25) is 19.1 Å². The van der Waals surface area contributed by atoms with E-state index >= 15 is 0 Å². The average Bonchev–Trinajstić information content (AvgIpc) is 2.83. The molecule has 0 saturated heterocycles. The van der Waals surface area contributed by atoms with Crippen molar-refractivity contribution in [2.75, 3.05) is 17.2 Å². The van der Waals surface area contributed by atoms with Crippen molar-refractivity contribution in [3.05, 3.63) is 81.0 Å². The summed E-state index contributed by atoms with van der Waals surface area (Å²) in [6.45, 7) is 4.74. The molecule has 1 aromatic heterocycles. The minimum Gasteiger partial charge on any atom is -0.457 e. The van der Waals surface area contributed by atoms with E-state index in [1.807, 2.05) is 37.3 Å². The molecule has 0 atom stereocenters. The maximum atomic E-state index is 13.5. The quantitative estimate of drug-likeness (QED) is 0.405. The molecule has 3 N–H and O–H groups in total. The standard InChI is InChI=1S/C26H32N4O4/c1-3-5-10-18-29(22-23(27)30(17-6-4-2)26(33)28-24(22)31)25(32)19-13-15-21(16-14-19)34-20-11-8-7-9-12-20/h7-9,11-16H,3-6,10,17-18,27H2,1-2H3,(H,28,31,33). The fourth-order valence-electron chi connectivity index (χ4n) is 3.66. The molecule has 0 bridgehead atoms.